The van der Waals surface area contributed by atoms with E-state index in [1.165, 1.54) is 0 Å². The number of ketones is 3. The number of Topliss-reactive ketones (excluding diaryl/α,β-unsaturated/α-hetero) is 3. The second kappa shape index (κ2) is 7.70. The molecule has 1 aliphatic rings. The number of aliphatic hydroxyl groups is 2. The number of nitrogens with two attached hydrogens (primary N) is 4. The van der Waals surface area contributed by atoms with E-state index in [0.717, 1.165) is 0 Å². The van der Waals surface area contributed by atoms with Gasteiger partial charge in [0.05, 0.1) is 0 Å². The summed E-state index contributed by atoms with van der Waals surface area (Å²) in [7, 11) is 0. The molecule has 1 aliphatic carbocycles. The minimum Gasteiger partial charge on any atom is -0.382 e. The molecule has 12 N–H and O–H groups in total. The predicted molar refractivity (Wildman–Crippen MR) is 59.2 cm³/mol. The zero-order valence-electron chi connectivity index (χ0n) is 9.08. The van der Waals surface area contributed by atoms with E-state index in [2.05, 4.69) is 22.9 Å². The van der Waals surface area contributed by atoms with Crippen molar-refractivity contribution in [3.63, 3.8) is 0 Å². The fourth-order valence-corrected chi connectivity index (χ4v) is 0.677. The number of rotatable bonds is 0. The van der Waals surface area contributed by atoms with Gasteiger partial charge >= 0.3 is 0 Å². The average Bonchev–Trinajstić information content (AvgIpc) is 2.35. The first-order valence-corrected chi connectivity index (χ1v) is 4.19. The van der Waals surface area contributed by atoms with Crippen LogP contribution in [-0.2, 0) is 14.4 Å². The average molecular weight is 262 g/mol. The van der Waals surface area contributed by atoms with Gasteiger partial charge in [0, 0.05) is 0 Å². The second-order valence-electron chi connectivity index (χ2n) is 2.86. The van der Waals surface area contributed by atoms with Gasteiger partial charge in [0.25, 0.3) is 5.78 Å². The molecule has 0 aromatic heterocycles. The van der Waals surface area contributed by atoms with Gasteiger partial charge in [0.2, 0.25) is 11.6 Å². The Kier molecular flexibility index (Phi) is 7.63. The lowest BCUT2D eigenvalue weighted by molar-refractivity contribution is -0.141. The summed E-state index contributed by atoms with van der Waals surface area (Å²) in [5.74, 6) is -4.44. The molecule has 11 heteroatoms. The number of carbonyl (C=O) groups excluding carboxylic acids is 3. The minimum absolute atomic E-state index is 0.333. The number of hydrogen-bond donors (Lipinski definition) is 8. The van der Waals surface area contributed by atoms with Crippen LogP contribution in [0, 0.1) is 10.8 Å². The molecule has 18 heavy (non-hydrogen) atoms. The molecule has 11 nitrogen and oxygen atoms in total. The topological polar surface area (TPSA) is 243 Å². The van der Waals surface area contributed by atoms with Crippen LogP contribution in [0.4, 0.5) is 0 Å². The molecule has 1 saturated carbocycles. The lowest BCUT2D eigenvalue weighted by Gasteiger charge is -1.99. The van der Waals surface area contributed by atoms with Crippen molar-refractivity contribution in [2.45, 2.75) is 12.2 Å². The second-order valence-corrected chi connectivity index (χ2v) is 2.86. The quantitative estimate of drug-likeness (QED) is 0.118. The normalized spacial score (nSPS) is 21.3. The van der Waals surface area contributed by atoms with Gasteiger partial charge in [-0.3, -0.25) is 25.2 Å². The molecule has 1 rings (SSSR count). The molecule has 0 amide bonds. The molecule has 0 saturated heterocycles. The van der Waals surface area contributed by atoms with Crippen molar-refractivity contribution in [2.24, 2.45) is 22.9 Å². The van der Waals surface area contributed by atoms with E-state index in [1.807, 2.05) is 0 Å². The molecule has 1 fully saturated rings. The lowest BCUT2D eigenvalue weighted by atomic mass is 10.2. The maximum Gasteiger partial charge on any atom is 0.269 e. The van der Waals surface area contributed by atoms with Crippen LogP contribution in [0.1, 0.15) is 0 Å². The van der Waals surface area contributed by atoms with Gasteiger partial charge in [-0.15, -0.1) is 0 Å². The van der Waals surface area contributed by atoms with E-state index in [4.69, 9.17) is 21.0 Å². The van der Waals surface area contributed by atoms with Crippen LogP contribution in [0.5, 0.6) is 0 Å². The van der Waals surface area contributed by atoms with Crippen LogP contribution in [0.2, 0.25) is 0 Å². The van der Waals surface area contributed by atoms with Gasteiger partial charge in [-0.1, -0.05) is 0 Å². The zero-order valence-corrected chi connectivity index (χ0v) is 9.08. The minimum atomic E-state index is -1.85. The Morgan fingerprint density at radius 1 is 0.833 bits per heavy atom. The summed E-state index contributed by atoms with van der Waals surface area (Å²) in [6, 6.07) is 0. The Labute approximate surface area is 101 Å². The Morgan fingerprint density at radius 2 is 1.00 bits per heavy atom. The van der Waals surface area contributed by atoms with E-state index in [-0.39, 0.29) is 11.9 Å². The molecule has 0 heterocycles. The van der Waals surface area contributed by atoms with Gasteiger partial charge in [0.1, 0.15) is 0 Å². The third kappa shape index (κ3) is 6.86. The smallest absolute Gasteiger partial charge is 0.269 e. The first kappa shape index (κ1) is 17.9. The first-order chi connectivity index (χ1) is 8.02. The molecule has 102 valence electrons. The number of nitrogens with one attached hydrogen (secondary N) is 2. The summed E-state index contributed by atoms with van der Waals surface area (Å²) < 4.78 is 0. The molecule has 2 atom stereocenters. The van der Waals surface area contributed by atoms with E-state index in [9.17, 15) is 14.4 Å². The molecule has 0 bridgehead atoms. The van der Waals surface area contributed by atoms with Crippen molar-refractivity contribution >= 4 is 29.3 Å². The van der Waals surface area contributed by atoms with Gasteiger partial charge in [0.15, 0.2) is 24.1 Å². The van der Waals surface area contributed by atoms with Crippen molar-refractivity contribution in [3.05, 3.63) is 0 Å². The summed E-state index contributed by atoms with van der Waals surface area (Å²) in [6.07, 6.45) is -3.69. The van der Waals surface area contributed by atoms with E-state index in [0.29, 0.717) is 0 Å². The molecule has 0 aromatic carbocycles. The van der Waals surface area contributed by atoms with Gasteiger partial charge in [-0.05, 0) is 0 Å². The largest absolute Gasteiger partial charge is 0.382 e. The van der Waals surface area contributed by atoms with Crippen LogP contribution in [0.25, 0.3) is 0 Å². The summed E-state index contributed by atoms with van der Waals surface area (Å²) in [4.78, 5) is 31.0. The van der Waals surface area contributed by atoms with Crippen LogP contribution >= 0.6 is 0 Å². The molecule has 2 unspecified atom stereocenters. The van der Waals surface area contributed by atoms with Crippen molar-refractivity contribution in [1.82, 2.24) is 0 Å². The van der Waals surface area contributed by atoms with Crippen molar-refractivity contribution in [3.8, 4) is 0 Å². The third-order valence-electron chi connectivity index (χ3n) is 1.28. The summed E-state index contributed by atoms with van der Waals surface area (Å²) in [5.41, 5.74) is 17.9. The molecular weight excluding hydrogens is 248 g/mol. The fraction of sp³-hybridized carbons (Fsp3) is 0.286. The Morgan fingerprint density at radius 3 is 1.06 bits per heavy atom. The van der Waals surface area contributed by atoms with Gasteiger partial charge in [-0.25, -0.2) is 0 Å². The van der Waals surface area contributed by atoms with E-state index in [1.54, 1.807) is 0 Å². The van der Waals surface area contributed by atoms with Crippen LogP contribution in [-0.4, -0.2) is 51.7 Å². The highest BCUT2D eigenvalue weighted by Gasteiger charge is 2.47. The third-order valence-corrected chi connectivity index (χ3v) is 1.28. The van der Waals surface area contributed by atoms with Gasteiger partial charge < -0.3 is 33.1 Å². The number of aliphatic hydroxyl groups excluding tert-OH is 2. The van der Waals surface area contributed by atoms with Crippen molar-refractivity contribution in [2.75, 3.05) is 0 Å². The SMILES string of the molecule is N=C(N)N.N=C(N)N.O=C1C(=O)C(O)C(O)C1=O. The molecule has 0 aliphatic heterocycles. The van der Waals surface area contributed by atoms with Gasteiger partial charge in [-0.2, -0.15) is 0 Å². The Balaban J connectivity index is 0. The van der Waals surface area contributed by atoms with E-state index >= 15 is 0 Å². The highest BCUT2D eigenvalue weighted by atomic mass is 16.4. The molecular formula is C7H14N6O5. The monoisotopic (exact) mass is 262 g/mol. The van der Waals surface area contributed by atoms with Crippen molar-refractivity contribution in [1.29, 1.82) is 10.8 Å². The number of hydrogen-bond acceptors (Lipinski definition) is 7. The fourth-order valence-electron chi connectivity index (χ4n) is 0.677. The maximum atomic E-state index is 10.3. The standard InChI is InChI=1S/C5H4O5.2CH5N3/c6-1-2(7)4(9)5(10)3(1)8;2*2-1(3)4/h1-2,6-7H;2*(H5,2,3,4). The van der Waals surface area contributed by atoms with E-state index < -0.39 is 29.6 Å². The van der Waals surface area contributed by atoms with Crippen LogP contribution in [0.3, 0.4) is 0 Å². The molecule has 0 radical (unpaired) electrons. The summed E-state index contributed by atoms with van der Waals surface area (Å²) in [6.45, 7) is 0. The number of guanidine groups is 2. The number of carbonyl (C=O) groups is 3. The predicted octanol–water partition coefficient (Wildman–Crippen LogP) is -4.89. The molecule has 0 spiro atoms. The highest BCUT2D eigenvalue weighted by molar-refractivity contribution is 6.69. The zero-order chi connectivity index (χ0) is 15.0. The van der Waals surface area contributed by atoms with Crippen molar-refractivity contribution < 1.29 is 24.6 Å². The highest BCUT2D eigenvalue weighted by Crippen LogP contribution is 2.07. The Bertz CT molecular complexity index is 339. The maximum absolute atomic E-state index is 10.3. The van der Waals surface area contributed by atoms with Crippen LogP contribution < -0.4 is 22.9 Å². The lowest BCUT2D eigenvalue weighted by Crippen LogP contribution is -2.27. The van der Waals surface area contributed by atoms with Crippen LogP contribution in [0.15, 0.2) is 0 Å². The summed E-state index contributed by atoms with van der Waals surface area (Å²) in [5, 5.41) is 29.2. The molecule has 0 aromatic rings. The Hall–Kier alpha value is -2.53. The summed E-state index contributed by atoms with van der Waals surface area (Å²) >= 11 is 0. The first-order valence-electron chi connectivity index (χ1n) is 4.19.